The van der Waals surface area contributed by atoms with Gasteiger partial charge in [-0.25, -0.2) is 9.97 Å². The summed E-state index contributed by atoms with van der Waals surface area (Å²) in [6.45, 7) is 0. The van der Waals surface area contributed by atoms with Gasteiger partial charge in [0.25, 0.3) is 0 Å². The van der Waals surface area contributed by atoms with Crippen molar-refractivity contribution in [1.82, 2.24) is 15.0 Å². The van der Waals surface area contributed by atoms with Crippen LogP contribution in [-0.2, 0) is 0 Å². The van der Waals surface area contributed by atoms with Gasteiger partial charge in [-0.2, -0.15) is 0 Å². The number of aromatic nitrogens is 3. The SMILES string of the molecule is O=[N+]([O-])c1c(Nc2cccnc2)ncnc1Nc1ccccc1Br. The fourth-order valence-corrected chi connectivity index (χ4v) is 2.38. The first-order valence-electron chi connectivity index (χ1n) is 6.83. The molecule has 0 fully saturated rings. The van der Waals surface area contributed by atoms with Crippen molar-refractivity contribution in [1.29, 1.82) is 0 Å². The number of halogens is 1. The first kappa shape index (κ1) is 15.8. The van der Waals surface area contributed by atoms with Crippen molar-refractivity contribution in [2.24, 2.45) is 0 Å². The van der Waals surface area contributed by atoms with Gasteiger partial charge in [-0.1, -0.05) is 12.1 Å². The van der Waals surface area contributed by atoms with Crippen LogP contribution in [-0.4, -0.2) is 19.9 Å². The Hall–Kier alpha value is -3.07. The molecular formula is C15H11BrN6O2. The largest absolute Gasteiger partial charge is 0.353 e. The topological polar surface area (TPSA) is 106 Å². The zero-order valence-electron chi connectivity index (χ0n) is 12.2. The summed E-state index contributed by atoms with van der Waals surface area (Å²) in [6, 6.07) is 10.7. The molecule has 0 saturated heterocycles. The van der Waals surface area contributed by atoms with Gasteiger partial charge >= 0.3 is 5.69 Å². The maximum atomic E-state index is 11.5. The van der Waals surface area contributed by atoms with Crippen LogP contribution in [0.3, 0.4) is 0 Å². The Labute approximate surface area is 145 Å². The molecule has 3 rings (SSSR count). The van der Waals surface area contributed by atoms with Gasteiger partial charge in [-0.05, 0) is 40.2 Å². The average molecular weight is 387 g/mol. The van der Waals surface area contributed by atoms with E-state index in [1.807, 2.05) is 18.2 Å². The molecule has 0 radical (unpaired) electrons. The highest BCUT2D eigenvalue weighted by atomic mass is 79.9. The number of hydrogen-bond acceptors (Lipinski definition) is 7. The number of rotatable bonds is 5. The Bertz CT molecular complexity index is 875. The number of hydrogen-bond donors (Lipinski definition) is 2. The third-order valence-corrected chi connectivity index (χ3v) is 3.75. The molecule has 0 aliphatic rings. The van der Waals surface area contributed by atoms with Gasteiger partial charge in [-0.3, -0.25) is 15.1 Å². The lowest BCUT2D eigenvalue weighted by atomic mass is 10.3. The van der Waals surface area contributed by atoms with E-state index in [-0.39, 0.29) is 17.3 Å². The minimum Gasteiger partial charge on any atom is -0.333 e. The third-order valence-electron chi connectivity index (χ3n) is 3.06. The lowest BCUT2D eigenvalue weighted by molar-refractivity contribution is -0.383. The Morgan fingerprint density at radius 3 is 2.46 bits per heavy atom. The molecule has 120 valence electrons. The summed E-state index contributed by atoms with van der Waals surface area (Å²) in [5.41, 5.74) is 0.995. The zero-order valence-corrected chi connectivity index (χ0v) is 13.8. The summed E-state index contributed by atoms with van der Waals surface area (Å²) in [4.78, 5) is 22.9. The van der Waals surface area contributed by atoms with Crippen LogP contribution in [0, 0.1) is 10.1 Å². The number of nitrogens with zero attached hydrogens (tertiary/aromatic N) is 4. The molecule has 0 aliphatic heterocycles. The Balaban J connectivity index is 1.99. The van der Waals surface area contributed by atoms with Crippen molar-refractivity contribution in [3.63, 3.8) is 0 Å². The number of nitrogens with one attached hydrogen (secondary N) is 2. The van der Waals surface area contributed by atoms with Crippen molar-refractivity contribution in [3.8, 4) is 0 Å². The molecule has 2 aromatic heterocycles. The summed E-state index contributed by atoms with van der Waals surface area (Å²) < 4.78 is 0.764. The molecule has 24 heavy (non-hydrogen) atoms. The van der Waals surface area contributed by atoms with Gasteiger partial charge in [-0.15, -0.1) is 0 Å². The molecule has 0 spiro atoms. The number of para-hydroxylation sites is 1. The second kappa shape index (κ2) is 7.01. The predicted octanol–water partition coefficient (Wildman–Crippen LogP) is 4.03. The van der Waals surface area contributed by atoms with E-state index < -0.39 is 4.92 Å². The van der Waals surface area contributed by atoms with Gasteiger partial charge in [0.15, 0.2) is 0 Å². The van der Waals surface area contributed by atoms with E-state index in [1.165, 1.54) is 6.33 Å². The van der Waals surface area contributed by atoms with Crippen molar-refractivity contribution < 1.29 is 4.92 Å². The molecule has 0 unspecified atom stereocenters. The number of anilines is 4. The van der Waals surface area contributed by atoms with Crippen LogP contribution in [0.4, 0.5) is 28.7 Å². The average Bonchev–Trinajstić information content (AvgIpc) is 2.58. The van der Waals surface area contributed by atoms with Gasteiger partial charge in [0.2, 0.25) is 11.6 Å². The highest BCUT2D eigenvalue weighted by Gasteiger charge is 2.23. The molecule has 0 atom stereocenters. The zero-order chi connectivity index (χ0) is 16.9. The highest BCUT2D eigenvalue weighted by Crippen LogP contribution is 2.34. The fourth-order valence-electron chi connectivity index (χ4n) is 2.00. The molecule has 1 aromatic carbocycles. The van der Waals surface area contributed by atoms with E-state index >= 15 is 0 Å². The fraction of sp³-hybridized carbons (Fsp3) is 0. The van der Waals surface area contributed by atoms with Gasteiger partial charge in [0.05, 0.1) is 22.5 Å². The van der Waals surface area contributed by atoms with Crippen molar-refractivity contribution in [2.75, 3.05) is 10.6 Å². The van der Waals surface area contributed by atoms with Crippen LogP contribution < -0.4 is 10.6 Å². The lowest BCUT2D eigenvalue weighted by Crippen LogP contribution is -2.05. The molecular weight excluding hydrogens is 376 g/mol. The Morgan fingerprint density at radius 2 is 1.79 bits per heavy atom. The van der Waals surface area contributed by atoms with Gasteiger partial charge < -0.3 is 10.6 Å². The van der Waals surface area contributed by atoms with E-state index in [9.17, 15) is 10.1 Å². The first-order chi connectivity index (χ1) is 11.6. The first-order valence-corrected chi connectivity index (χ1v) is 7.62. The van der Waals surface area contributed by atoms with Gasteiger partial charge in [0, 0.05) is 10.7 Å². The van der Waals surface area contributed by atoms with E-state index in [0.717, 1.165) is 4.47 Å². The molecule has 3 aromatic rings. The van der Waals surface area contributed by atoms with E-state index in [4.69, 9.17) is 0 Å². The van der Waals surface area contributed by atoms with E-state index in [2.05, 4.69) is 41.5 Å². The van der Waals surface area contributed by atoms with Crippen LogP contribution in [0.5, 0.6) is 0 Å². The monoisotopic (exact) mass is 386 g/mol. The standard InChI is InChI=1S/C15H11BrN6O2/c16-11-5-1-2-6-12(11)21-15-13(22(23)24)14(18-9-19-15)20-10-4-3-7-17-8-10/h1-9H,(H2,18,19,20,21). The maximum Gasteiger partial charge on any atom is 0.353 e. The quantitative estimate of drug-likeness (QED) is 0.503. The Kier molecular flexibility index (Phi) is 4.62. The second-order valence-electron chi connectivity index (χ2n) is 4.65. The number of nitro groups is 1. The number of pyridine rings is 1. The van der Waals surface area contributed by atoms with E-state index in [0.29, 0.717) is 11.4 Å². The van der Waals surface area contributed by atoms with Crippen molar-refractivity contribution >= 4 is 44.6 Å². The Morgan fingerprint density at radius 1 is 1.04 bits per heavy atom. The summed E-state index contributed by atoms with van der Waals surface area (Å²) in [5.74, 6) is 0.172. The molecule has 0 bridgehead atoms. The predicted molar refractivity (Wildman–Crippen MR) is 93.6 cm³/mol. The molecule has 8 nitrogen and oxygen atoms in total. The summed E-state index contributed by atoms with van der Waals surface area (Å²) in [6.07, 6.45) is 4.41. The molecule has 0 saturated carbocycles. The van der Waals surface area contributed by atoms with Crippen LogP contribution in [0.2, 0.25) is 0 Å². The summed E-state index contributed by atoms with van der Waals surface area (Å²) >= 11 is 3.39. The number of benzene rings is 1. The smallest absolute Gasteiger partial charge is 0.333 e. The van der Waals surface area contributed by atoms with Gasteiger partial charge in [0.1, 0.15) is 6.33 Å². The highest BCUT2D eigenvalue weighted by molar-refractivity contribution is 9.10. The molecule has 0 aliphatic carbocycles. The van der Waals surface area contributed by atoms with Crippen LogP contribution in [0.1, 0.15) is 0 Å². The molecule has 9 heteroatoms. The van der Waals surface area contributed by atoms with Crippen LogP contribution in [0.15, 0.2) is 59.6 Å². The van der Waals surface area contributed by atoms with Crippen molar-refractivity contribution in [2.45, 2.75) is 0 Å². The minimum absolute atomic E-state index is 0.0811. The molecule has 2 N–H and O–H groups in total. The normalized spacial score (nSPS) is 10.2. The second-order valence-corrected chi connectivity index (χ2v) is 5.50. The van der Waals surface area contributed by atoms with Crippen LogP contribution >= 0.6 is 15.9 Å². The van der Waals surface area contributed by atoms with E-state index in [1.54, 1.807) is 30.6 Å². The third kappa shape index (κ3) is 3.46. The molecule has 2 heterocycles. The summed E-state index contributed by atoms with van der Waals surface area (Å²) in [5, 5.41) is 17.4. The minimum atomic E-state index is -0.530. The maximum absolute atomic E-state index is 11.5. The van der Waals surface area contributed by atoms with Crippen molar-refractivity contribution in [3.05, 3.63) is 69.7 Å². The lowest BCUT2D eigenvalue weighted by Gasteiger charge is -2.10. The molecule has 0 amide bonds. The van der Waals surface area contributed by atoms with Crippen LogP contribution in [0.25, 0.3) is 0 Å². The summed E-state index contributed by atoms with van der Waals surface area (Å²) in [7, 11) is 0.